The molecule has 1 heterocycles. The average Bonchev–Trinajstić information content (AvgIpc) is 2.57. The maximum atomic E-state index is 14.1. The molecule has 1 aromatic carbocycles. The van der Waals surface area contributed by atoms with Gasteiger partial charge in [0.25, 0.3) is 0 Å². The summed E-state index contributed by atoms with van der Waals surface area (Å²) in [5.41, 5.74) is 1.59. The molecule has 94 valence electrons. The monoisotopic (exact) mass is 248 g/mol. The van der Waals surface area contributed by atoms with Crippen molar-refractivity contribution in [2.45, 2.75) is 13.8 Å². The van der Waals surface area contributed by atoms with Crippen LogP contribution in [-0.4, -0.2) is 20.9 Å². The van der Waals surface area contributed by atoms with Crippen LogP contribution in [0.2, 0.25) is 0 Å². The molecule has 0 saturated carbocycles. The van der Waals surface area contributed by atoms with Crippen molar-refractivity contribution in [2.75, 3.05) is 0 Å². The van der Waals surface area contributed by atoms with Crippen LogP contribution in [0, 0.1) is 19.7 Å². The Kier molecular flexibility index (Phi) is 2.90. The molecule has 18 heavy (non-hydrogen) atoms. The highest BCUT2D eigenvalue weighted by atomic mass is 19.1. The Bertz CT molecular complexity index is 632. The van der Waals surface area contributed by atoms with E-state index >= 15 is 0 Å². The number of hydrogen-bond acceptors (Lipinski definition) is 2. The molecule has 0 radical (unpaired) electrons. The van der Waals surface area contributed by atoms with Gasteiger partial charge in [-0.15, -0.1) is 0 Å². The fraction of sp³-hybridized carbons (Fsp3) is 0.231. The summed E-state index contributed by atoms with van der Waals surface area (Å²) in [4.78, 5) is 11.2. The predicted octanol–water partition coefficient (Wildman–Crippen LogP) is 2.54. The van der Waals surface area contributed by atoms with Gasteiger partial charge in [-0.25, -0.2) is 9.18 Å². The van der Waals surface area contributed by atoms with Crippen molar-refractivity contribution in [3.8, 4) is 11.1 Å². The van der Waals surface area contributed by atoms with Gasteiger partial charge >= 0.3 is 5.97 Å². The first-order chi connectivity index (χ1) is 8.43. The lowest BCUT2D eigenvalue weighted by atomic mass is 10.0. The molecule has 0 amide bonds. The van der Waals surface area contributed by atoms with Gasteiger partial charge in [0.1, 0.15) is 5.82 Å². The Hall–Kier alpha value is -2.17. The molecule has 4 nitrogen and oxygen atoms in total. The van der Waals surface area contributed by atoms with Gasteiger partial charge in [0.05, 0.1) is 5.69 Å². The predicted molar refractivity (Wildman–Crippen MR) is 65.0 cm³/mol. The molecule has 0 aliphatic carbocycles. The number of rotatable bonds is 2. The number of hydrogen-bond donors (Lipinski definition) is 1. The van der Waals surface area contributed by atoms with Gasteiger partial charge in [-0.1, -0.05) is 18.2 Å². The molecule has 0 fully saturated rings. The zero-order chi connectivity index (χ0) is 13.4. The molecular weight excluding hydrogens is 235 g/mol. The minimum Gasteiger partial charge on any atom is -0.477 e. The summed E-state index contributed by atoms with van der Waals surface area (Å²) in [6.45, 7) is 3.31. The zero-order valence-electron chi connectivity index (χ0n) is 10.4. The maximum Gasteiger partial charge on any atom is 0.354 e. The van der Waals surface area contributed by atoms with Gasteiger partial charge < -0.3 is 5.11 Å². The Morgan fingerprint density at radius 2 is 2.06 bits per heavy atom. The van der Waals surface area contributed by atoms with Gasteiger partial charge in [0.2, 0.25) is 0 Å². The lowest BCUT2D eigenvalue weighted by Crippen LogP contribution is -2.07. The highest BCUT2D eigenvalue weighted by Crippen LogP contribution is 2.30. The first-order valence-corrected chi connectivity index (χ1v) is 5.46. The first-order valence-electron chi connectivity index (χ1n) is 5.46. The van der Waals surface area contributed by atoms with Crippen LogP contribution in [-0.2, 0) is 7.05 Å². The maximum absolute atomic E-state index is 14.1. The third kappa shape index (κ3) is 1.77. The van der Waals surface area contributed by atoms with Crippen molar-refractivity contribution < 1.29 is 14.3 Å². The molecule has 0 aliphatic rings. The fourth-order valence-corrected chi connectivity index (χ4v) is 2.07. The van der Waals surface area contributed by atoms with E-state index in [1.165, 1.54) is 11.7 Å². The molecule has 0 saturated heterocycles. The van der Waals surface area contributed by atoms with E-state index in [0.29, 0.717) is 16.8 Å². The molecule has 1 aromatic heterocycles. The number of benzene rings is 1. The largest absolute Gasteiger partial charge is 0.477 e. The quantitative estimate of drug-likeness (QED) is 0.888. The Labute approximate surface area is 104 Å². The molecule has 1 N–H and O–H groups in total. The summed E-state index contributed by atoms with van der Waals surface area (Å²) < 4.78 is 15.3. The third-order valence-electron chi connectivity index (χ3n) is 2.89. The van der Waals surface area contributed by atoms with E-state index in [1.54, 1.807) is 32.0 Å². The minimum atomic E-state index is -1.12. The number of halogens is 1. The van der Waals surface area contributed by atoms with Crippen LogP contribution in [0.25, 0.3) is 11.1 Å². The number of aryl methyl sites for hydroxylation is 3. The van der Waals surface area contributed by atoms with Crippen molar-refractivity contribution >= 4 is 5.97 Å². The SMILES string of the molecule is Cc1cccc(-c2c(C)nn(C)c2C(=O)O)c1F. The van der Waals surface area contributed by atoms with Gasteiger partial charge in [-0.3, -0.25) is 4.68 Å². The lowest BCUT2D eigenvalue weighted by Gasteiger charge is -2.06. The second kappa shape index (κ2) is 4.25. The van der Waals surface area contributed by atoms with Crippen molar-refractivity contribution in [3.63, 3.8) is 0 Å². The fourth-order valence-electron chi connectivity index (χ4n) is 2.07. The van der Waals surface area contributed by atoms with E-state index < -0.39 is 11.8 Å². The molecule has 0 bridgehead atoms. The third-order valence-corrected chi connectivity index (χ3v) is 2.89. The molecule has 0 unspecified atom stereocenters. The van der Waals surface area contributed by atoms with E-state index in [2.05, 4.69) is 5.10 Å². The summed E-state index contributed by atoms with van der Waals surface area (Å²) in [5, 5.41) is 13.2. The molecule has 5 heteroatoms. The van der Waals surface area contributed by atoms with Gasteiger partial charge in [-0.05, 0) is 19.4 Å². The lowest BCUT2D eigenvalue weighted by molar-refractivity contribution is 0.0686. The van der Waals surface area contributed by atoms with Crippen LogP contribution in [0.1, 0.15) is 21.7 Å². The number of carboxylic acids is 1. The van der Waals surface area contributed by atoms with Crippen molar-refractivity contribution in [2.24, 2.45) is 7.05 Å². The van der Waals surface area contributed by atoms with Crippen LogP contribution in [0.4, 0.5) is 4.39 Å². The Balaban J connectivity index is 2.79. The van der Waals surface area contributed by atoms with Crippen LogP contribution >= 0.6 is 0 Å². The van der Waals surface area contributed by atoms with E-state index in [-0.39, 0.29) is 11.3 Å². The standard InChI is InChI=1S/C13H13FN2O2/c1-7-5-4-6-9(11(7)14)10-8(2)15-16(3)12(10)13(17)18/h4-6H,1-3H3,(H,17,18). The van der Waals surface area contributed by atoms with Crippen LogP contribution in [0.15, 0.2) is 18.2 Å². The summed E-state index contributed by atoms with van der Waals surface area (Å²) in [5.74, 6) is -1.52. The number of aromatic carboxylic acids is 1. The van der Waals surface area contributed by atoms with Gasteiger partial charge in [0, 0.05) is 18.2 Å². The second-order valence-corrected chi connectivity index (χ2v) is 4.17. The van der Waals surface area contributed by atoms with Crippen molar-refractivity contribution in [1.82, 2.24) is 9.78 Å². The van der Waals surface area contributed by atoms with E-state index in [0.717, 1.165) is 0 Å². The van der Waals surface area contributed by atoms with Gasteiger partial charge in [0.15, 0.2) is 5.69 Å². The summed E-state index contributed by atoms with van der Waals surface area (Å²) in [6, 6.07) is 4.91. The minimum absolute atomic E-state index is 0.00278. The summed E-state index contributed by atoms with van der Waals surface area (Å²) in [6.07, 6.45) is 0. The average molecular weight is 248 g/mol. The molecule has 2 rings (SSSR count). The zero-order valence-corrected chi connectivity index (χ0v) is 10.4. The summed E-state index contributed by atoms with van der Waals surface area (Å²) >= 11 is 0. The second-order valence-electron chi connectivity index (χ2n) is 4.17. The highest BCUT2D eigenvalue weighted by Gasteiger charge is 2.23. The molecule has 2 aromatic rings. The van der Waals surface area contributed by atoms with E-state index in [1.807, 2.05) is 0 Å². The number of carbonyl (C=O) groups is 1. The Morgan fingerprint density at radius 3 is 2.67 bits per heavy atom. The van der Waals surface area contributed by atoms with Crippen LogP contribution in [0.5, 0.6) is 0 Å². The van der Waals surface area contributed by atoms with Crippen LogP contribution in [0.3, 0.4) is 0 Å². The topological polar surface area (TPSA) is 55.1 Å². The van der Waals surface area contributed by atoms with Crippen LogP contribution < -0.4 is 0 Å². The van der Waals surface area contributed by atoms with Crippen molar-refractivity contribution in [1.29, 1.82) is 0 Å². The molecular formula is C13H13FN2O2. The normalized spacial score (nSPS) is 10.7. The number of aromatic nitrogens is 2. The number of nitrogens with zero attached hydrogens (tertiary/aromatic N) is 2. The number of carboxylic acid groups (broad SMARTS) is 1. The van der Waals surface area contributed by atoms with E-state index in [9.17, 15) is 14.3 Å². The molecule has 0 aliphatic heterocycles. The van der Waals surface area contributed by atoms with Gasteiger partial charge in [-0.2, -0.15) is 5.10 Å². The Morgan fingerprint density at radius 1 is 1.39 bits per heavy atom. The molecule has 0 spiro atoms. The molecule has 0 atom stereocenters. The highest BCUT2D eigenvalue weighted by molar-refractivity contribution is 5.95. The summed E-state index contributed by atoms with van der Waals surface area (Å²) in [7, 11) is 1.54. The smallest absolute Gasteiger partial charge is 0.354 e. The first kappa shape index (κ1) is 12.3. The van der Waals surface area contributed by atoms with Crippen molar-refractivity contribution in [3.05, 3.63) is 41.0 Å². The van der Waals surface area contributed by atoms with E-state index in [4.69, 9.17) is 0 Å².